The fraction of sp³-hybridized carbons (Fsp3) is 0.0769. The lowest BCUT2D eigenvalue weighted by molar-refractivity contribution is -0.120. The van der Waals surface area contributed by atoms with E-state index >= 15 is 0 Å². The largest absolute Gasteiger partial charge is 0.350 e. The zero-order valence-corrected chi connectivity index (χ0v) is 19.1. The number of nitrogens with zero attached hydrogens (tertiary/aromatic N) is 1. The van der Waals surface area contributed by atoms with Crippen LogP contribution in [0.2, 0.25) is 0 Å². The second-order valence-corrected chi connectivity index (χ2v) is 8.09. The number of carbonyl (C=O) groups is 4. The molecule has 0 fully saturated rings. The van der Waals surface area contributed by atoms with Crippen LogP contribution in [-0.2, 0) is 9.59 Å². The summed E-state index contributed by atoms with van der Waals surface area (Å²) in [7, 11) is 0. The molecule has 0 unspecified atom stereocenters. The molecule has 1 aliphatic rings. The van der Waals surface area contributed by atoms with Crippen molar-refractivity contribution in [2.24, 2.45) is 0 Å². The van der Waals surface area contributed by atoms with Gasteiger partial charge in [-0.3, -0.25) is 19.2 Å². The van der Waals surface area contributed by atoms with Gasteiger partial charge in [0, 0.05) is 22.5 Å². The third kappa shape index (κ3) is 4.46. The smallest absolute Gasteiger partial charge is 0.283 e. The van der Waals surface area contributed by atoms with Crippen LogP contribution in [-0.4, -0.2) is 23.5 Å². The van der Waals surface area contributed by atoms with Crippen LogP contribution in [0.3, 0.4) is 0 Å². The Bertz CT molecular complexity index is 1360. The van der Waals surface area contributed by atoms with E-state index in [4.69, 9.17) is 11.6 Å². The van der Waals surface area contributed by atoms with Crippen molar-refractivity contribution >= 4 is 52.2 Å². The van der Waals surface area contributed by atoms with Crippen LogP contribution >= 0.6 is 11.6 Å². The van der Waals surface area contributed by atoms with E-state index in [9.17, 15) is 19.2 Å². The van der Waals surface area contributed by atoms with Crippen LogP contribution < -0.4 is 15.5 Å². The predicted octanol–water partition coefficient (Wildman–Crippen LogP) is 4.89. The number of imide groups is 1. The summed E-state index contributed by atoms with van der Waals surface area (Å²) < 4.78 is 0. The number of hydrogen-bond acceptors (Lipinski definition) is 5. The molecule has 34 heavy (non-hydrogen) atoms. The third-order valence-electron chi connectivity index (χ3n) is 5.33. The van der Waals surface area contributed by atoms with Gasteiger partial charge in [-0.1, -0.05) is 35.9 Å². The van der Waals surface area contributed by atoms with Crippen molar-refractivity contribution in [2.75, 3.05) is 15.5 Å². The van der Waals surface area contributed by atoms with Gasteiger partial charge >= 0.3 is 0 Å². The molecule has 0 saturated heterocycles. The van der Waals surface area contributed by atoms with Crippen molar-refractivity contribution < 1.29 is 19.2 Å². The van der Waals surface area contributed by atoms with E-state index in [1.165, 1.54) is 6.92 Å². The molecule has 1 aliphatic heterocycles. The molecule has 0 spiro atoms. The number of nitrogens with one attached hydrogen (secondary N) is 2. The fourth-order valence-electron chi connectivity index (χ4n) is 3.52. The van der Waals surface area contributed by atoms with Gasteiger partial charge in [-0.2, -0.15) is 0 Å². The van der Waals surface area contributed by atoms with Gasteiger partial charge in [-0.05, 0) is 67.9 Å². The molecule has 3 aromatic carbocycles. The Morgan fingerprint density at radius 2 is 1.53 bits per heavy atom. The van der Waals surface area contributed by atoms with E-state index in [-0.39, 0.29) is 22.4 Å². The maximum absolute atomic E-state index is 13.0. The number of ketones is 1. The number of benzene rings is 3. The average Bonchev–Trinajstić information content (AvgIpc) is 3.03. The second-order valence-electron chi connectivity index (χ2n) is 7.71. The maximum Gasteiger partial charge on any atom is 0.283 e. The minimum Gasteiger partial charge on any atom is -0.350 e. The van der Waals surface area contributed by atoms with Gasteiger partial charge in [0.15, 0.2) is 5.78 Å². The molecule has 0 atom stereocenters. The molecular weight excluding hydrogens is 454 g/mol. The third-order valence-corrected chi connectivity index (χ3v) is 5.68. The number of halogens is 1. The normalized spacial score (nSPS) is 13.3. The van der Waals surface area contributed by atoms with E-state index in [0.29, 0.717) is 28.2 Å². The topological polar surface area (TPSA) is 95.6 Å². The van der Waals surface area contributed by atoms with Crippen LogP contribution in [0.1, 0.15) is 33.2 Å². The highest BCUT2D eigenvalue weighted by Crippen LogP contribution is 2.32. The SMILES string of the molecule is CC(=O)c1ccc(NC(=O)c2cccc(NC3=C(Cl)C(=O)N(c4ccccc4C)C3=O)c2)cc1. The molecule has 0 saturated carbocycles. The minimum absolute atomic E-state index is 0.0627. The highest BCUT2D eigenvalue weighted by molar-refractivity contribution is 6.53. The molecule has 0 aliphatic carbocycles. The van der Waals surface area contributed by atoms with Gasteiger partial charge in [0.25, 0.3) is 17.7 Å². The lowest BCUT2D eigenvalue weighted by Gasteiger charge is -2.17. The van der Waals surface area contributed by atoms with Gasteiger partial charge in [-0.15, -0.1) is 0 Å². The average molecular weight is 474 g/mol. The molecule has 7 nitrogen and oxygen atoms in total. The first-order valence-corrected chi connectivity index (χ1v) is 10.8. The number of carbonyl (C=O) groups excluding carboxylic acids is 4. The fourth-order valence-corrected chi connectivity index (χ4v) is 3.73. The van der Waals surface area contributed by atoms with Crippen molar-refractivity contribution in [2.45, 2.75) is 13.8 Å². The highest BCUT2D eigenvalue weighted by Gasteiger charge is 2.39. The summed E-state index contributed by atoms with van der Waals surface area (Å²) in [5, 5.41) is 5.42. The number of rotatable bonds is 6. The summed E-state index contributed by atoms with van der Waals surface area (Å²) in [6.45, 7) is 3.27. The summed E-state index contributed by atoms with van der Waals surface area (Å²) >= 11 is 6.22. The van der Waals surface area contributed by atoms with Gasteiger partial charge < -0.3 is 10.6 Å². The molecule has 4 rings (SSSR count). The van der Waals surface area contributed by atoms with Crippen molar-refractivity contribution in [3.8, 4) is 0 Å². The molecule has 2 N–H and O–H groups in total. The Morgan fingerprint density at radius 1 is 0.824 bits per heavy atom. The number of amides is 3. The summed E-state index contributed by atoms with van der Waals surface area (Å²) in [5.41, 5.74) is 2.97. The monoisotopic (exact) mass is 473 g/mol. The van der Waals surface area contributed by atoms with Gasteiger partial charge in [0.2, 0.25) is 0 Å². The van der Waals surface area contributed by atoms with Crippen LogP contribution in [0.5, 0.6) is 0 Å². The van der Waals surface area contributed by atoms with Gasteiger partial charge in [0.1, 0.15) is 10.7 Å². The van der Waals surface area contributed by atoms with E-state index in [2.05, 4.69) is 10.6 Å². The van der Waals surface area contributed by atoms with Crippen molar-refractivity contribution in [3.05, 3.63) is 100 Å². The standard InChI is InChI=1S/C26H20ClN3O4/c1-15-6-3-4-9-21(15)30-25(33)22(27)23(26(30)34)28-20-8-5-7-18(14-20)24(32)29-19-12-10-17(11-13-19)16(2)31/h3-14,28H,1-2H3,(H,29,32). The molecule has 3 aromatic rings. The molecular formula is C26H20ClN3O4. The predicted molar refractivity (Wildman–Crippen MR) is 131 cm³/mol. The quantitative estimate of drug-likeness (QED) is 0.392. The number of anilines is 3. The summed E-state index contributed by atoms with van der Waals surface area (Å²) in [6, 6.07) is 20.0. The van der Waals surface area contributed by atoms with Crippen molar-refractivity contribution in [3.63, 3.8) is 0 Å². The van der Waals surface area contributed by atoms with E-state index in [1.807, 2.05) is 6.07 Å². The first-order valence-electron chi connectivity index (χ1n) is 10.4. The zero-order valence-electron chi connectivity index (χ0n) is 18.4. The summed E-state index contributed by atoms with van der Waals surface area (Å²) in [4.78, 5) is 50.9. The van der Waals surface area contributed by atoms with Crippen LogP contribution in [0, 0.1) is 6.92 Å². The van der Waals surface area contributed by atoms with E-state index < -0.39 is 11.8 Å². The number of hydrogen-bond donors (Lipinski definition) is 2. The second kappa shape index (κ2) is 9.33. The lowest BCUT2D eigenvalue weighted by atomic mass is 10.1. The first-order chi connectivity index (χ1) is 16.3. The van der Waals surface area contributed by atoms with Crippen molar-refractivity contribution in [1.82, 2.24) is 0 Å². The maximum atomic E-state index is 13.0. The minimum atomic E-state index is -0.619. The Labute approximate surface area is 201 Å². The number of Topliss-reactive ketones (excluding diaryl/α,β-unsaturated/α-hetero) is 1. The zero-order chi connectivity index (χ0) is 24.4. The van der Waals surface area contributed by atoms with E-state index in [1.54, 1.807) is 73.7 Å². The van der Waals surface area contributed by atoms with Crippen LogP contribution in [0.4, 0.5) is 17.1 Å². The number of aryl methyl sites for hydroxylation is 1. The van der Waals surface area contributed by atoms with Crippen molar-refractivity contribution in [1.29, 1.82) is 0 Å². The molecule has 170 valence electrons. The highest BCUT2D eigenvalue weighted by atomic mass is 35.5. The molecule has 8 heteroatoms. The Kier molecular flexibility index (Phi) is 6.30. The van der Waals surface area contributed by atoms with Crippen LogP contribution in [0.15, 0.2) is 83.5 Å². The van der Waals surface area contributed by atoms with Crippen LogP contribution in [0.25, 0.3) is 0 Å². The molecule has 0 aromatic heterocycles. The number of para-hydroxylation sites is 1. The molecule has 0 bridgehead atoms. The van der Waals surface area contributed by atoms with Gasteiger partial charge in [0.05, 0.1) is 5.69 Å². The Balaban J connectivity index is 1.52. The van der Waals surface area contributed by atoms with E-state index in [0.717, 1.165) is 10.5 Å². The molecule has 0 radical (unpaired) electrons. The Hall–Kier alpha value is -4.23. The molecule has 1 heterocycles. The Morgan fingerprint density at radius 3 is 2.21 bits per heavy atom. The summed E-state index contributed by atoms with van der Waals surface area (Å²) in [6.07, 6.45) is 0. The summed E-state index contributed by atoms with van der Waals surface area (Å²) in [5.74, 6) is -1.64. The lowest BCUT2D eigenvalue weighted by Crippen LogP contribution is -2.32. The molecule has 3 amide bonds. The van der Waals surface area contributed by atoms with Gasteiger partial charge in [-0.25, -0.2) is 4.90 Å². The first kappa shape index (κ1) is 22.9.